The largest absolute Gasteiger partial charge is 0.386 e. The van der Waals surface area contributed by atoms with Crippen LogP contribution in [0, 0.1) is 6.92 Å². The molecule has 3 nitrogen and oxygen atoms in total. The van der Waals surface area contributed by atoms with Crippen LogP contribution in [0.4, 0.5) is 0 Å². The highest BCUT2D eigenvalue weighted by Gasteiger charge is 2.21. The van der Waals surface area contributed by atoms with Gasteiger partial charge >= 0.3 is 0 Å². The van der Waals surface area contributed by atoms with Gasteiger partial charge in [-0.2, -0.15) is 0 Å². The Hall–Kier alpha value is -1.51. The molecule has 0 aromatic heterocycles. The van der Waals surface area contributed by atoms with Gasteiger partial charge in [0, 0.05) is 0 Å². The van der Waals surface area contributed by atoms with E-state index in [0.717, 1.165) is 0 Å². The summed E-state index contributed by atoms with van der Waals surface area (Å²) in [7, 11) is 0. The van der Waals surface area contributed by atoms with Crippen molar-refractivity contribution in [2.45, 2.75) is 19.4 Å². The molecule has 68 valence electrons. The summed E-state index contributed by atoms with van der Waals surface area (Å²) in [6.07, 6.45) is 0.714. The van der Waals surface area contributed by atoms with E-state index in [2.05, 4.69) is 18.1 Å². The first-order valence-electron chi connectivity index (χ1n) is 4.31. The van der Waals surface area contributed by atoms with Crippen LogP contribution in [0.3, 0.4) is 0 Å². The second kappa shape index (κ2) is 3.09. The monoisotopic (exact) mass is 176 g/mol. The molecule has 1 unspecified atom stereocenters. The van der Waals surface area contributed by atoms with E-state index in [-0.39, 0.29) is 6.10 Å². The summed E-state index contributed by atoms with van der Waals surface area (Å²) >= 11 is 0. The van der Waals surface area contributed by atoms with Crippen LogP contribution < -0.4 is 5.73 Å². The van der Waals surface area contributed by atoms with Crippen LogP contribution in [0.25, 0.3) is 0 Å². The van der Waals surface area contributed by atoms with Crippen molar-refractivity contribution >= 4 is 5.84 Å². The number of hydrogen-bond donors (Lipinski definition) is 1. The lowest BCUT2D eigenvalue weighted by atomic mass is 10.0. The van der Waals surface area contributed by atoms with Gasteiger partial charge in [0.05, 0.1) is 6.42 Å². The van der Waals surface area contributed by atoms with Crippen molar-refractivity contribution in [2.75, 3.05) is 0 Å². The molecule has 1 aliphatic heterocycles. The van der Waals surface area contributed by atoms with E-state index in [1.807, 2.05) is 18.2 Å². The zero-order valence-electron chi connectivity index (χ0n) is 7.53. The van der Waals surface area contributed by atoms with Gasteiger partial charge in [-0.1, -0.05) is 29.4 Å². The van der Waals surface area contributed by atoms with Gasteiger partial charge in [-0.15, -0.1) is 0 Å². The standard InChI is InChI=1S/C10H12N2O/c1-7-4-2-3-5-8(7)9-6-10(11)12-13-9/h2-5,9H,6H2,1H3,(H2,11,12). The molecule has 0 radical (unpaired) electrons. The number of nitrogens with two attached hydrogens (primary N) is 1. The average Bonchev–Trinajstić information content (AvgIpc) is 2.53. The number of rotatable bonds is 1. The Balaban J connectivity index is 2.23. The first-order chi connectivity index (χ1) is 6.27. The topological polar surface area (TPSA) is 47.6 Å². The van der Waals surface area contributed by atoms with Gasteiger partial charge in [0.2, 0.25) is 0 Å². The number of nitrogens with zero attached hydrogens (tertiary/aromatic N) is 1. The van der Waals surface area contributed by atoms with Crippen LogP contribution in [0.2, 0.25) is 0 Å². The highest BCUT2D eigenvalue weighted by molar-refractivity contribution is 5.81. The highest BCUT2D eigenvalue weighted by Crippen LogP contribution is 2.27. The quantitative estimate of drug-likeness (QED) is 0.708. The third-order valence-electron chi connectivity index (χ3n) is 2.23. The van der Waals surface area contributed by atoms with Crippen molar-refractivity contribution in [3.05, 3.63) is 35.4 Å². The second-order valence-corrected chi connectivity index (χ2v) is 3.24. The molecule has 1 atom stereocenters. The summed E-state index contributed by atoms with van der Waals surface area (Å²) in [5, 5.41) is 3.73. The fourth-order valence-electron chi connectivity index (χ4n) is 1.51. The minimum absolute atomic E-state index is 0.0150. The molecular weight excluding hydrogens is 164 g/mol. The Morgan fingerprint density at radius 3 is 2.85 bits per heavy atom. The molecule has 0 saturated heterocycles. The number of benzene rings is 1. The first kappa shape index (κ1) is 8.10. The van der Waals surface area contributed by atoms with E-state index in [9.17, 15) is 0 Å². The molecule has 0 saturated carbocycles. The van der Waals surface area contributed by atoms with Crippen molar-refractivity contribution in [1.29, 1.82) is 0 Å². The Labute approximate surface area is 77.2 Å². The van der Waals surface area contributed by atoms with Crippen LogP contribution in [-0.2, 0) is 4.84 Å². The third-order valence-corrected chi connectivity index (χ3v) is 2.23. The van der Waals surface area contributed by atoms with Crippen LogP contribution in [-0.4, -0.2) is 5.84 Å². The Kier molecular flexibility index (Phi) is 1.93. The van der Waals surface area contributed by atoms with Gasteiger partial charge in [0.25, 0.3) is 0 Å². The number of amidine groups is 1. The third kappa shape index (κ3) is 1.49. The molecule has 2 N–H and O–H groups in total. The first-order valence-corrected chi connectivity index (χ1v) is 4.31. The lowest BCUT2D eigenvalue weighted by Crippen LogP contribution is -2.09. The normalized spacial score (nSPS) is 21.0. The lowest BCUT2D eigenvalue weighted by Gasteiger charge is -2.10. The van der Waals surface area contributed by atoms with Crippen molar-refractivity contribution in [3.8, 4) is 0 Å². The van der Waals surface area contributed by atoms with Gasteiger partial charge in [-0.05, 0) is 18.1 Å². The van der Waals surface area contributed by atoms with Crippen molar-refractivity contribution in [3.63, 3.8) is 0 Å². The van der Waals surface area contributed by atoms with E-state index in [1.54, 1.807) is 0 Å². The number of aryl methyl sites for hydroxylation is 1. The second-order valence-electron chi connectivity index (χ2n) is 3.24. The molecule has 0 spiro atoms. The Bertz CT molecular complexity index is 347. The molecule has 1 aromatic carbocycles. The maximum absolute atomic E-state index is 5.54. The molecule has 0 fully saturated rings. The fourth-order valence-corrected chi connectivity index (χ4v) is 1.51. The molecule has 3 heteroatoms. The van der Waals surface area contributed by atoms with Gasteiger partial charge in [0.15, 0.2) is 6.10 Å². The summed E-state index contributed by atoms with van der Waals surface area (Å²) in [5.41, 5.74) is 7.93. The molecule has 1 aliphatic rings. The maximum atomic E-state index is 5.54. The van der Waals surface area contributed by atoms with Crippen molar-refractivity contribution in [2.24, 2.45) is 10.9 Å². The molecule has 13 heavy (non-hydrogen) atoms. The lowest BCUT2D eigenvalue weighted by molar-refractivity contribution is 0.0852. The molecule has 1 heterocycles. The molecule has 0 bridgehead atoms. The number of hydrogen-bond acceptors (Lipinski definition) is 3. The van der Waals surface area contributed by atoms with Gasteiger partial charge < -0.3 is 10.6 Å². The molecule has 0 amide bonds. The van der Waals surface area contributed by atoms with E-state index in [4.69, 9.17) is 10.6 Å². The van der Waals surface area contributed by atoms with E-state index >= 15 is 0 Å². The van der Waals surface area contributed by atoms with Crippen LogP contribution >= 0.6 is 0 Å². The number of oxime groups is 1. The average molecular weight is 176 g/mol. The highest BCUT2D eigenvalue weighted by atomic mass is 16.6. The van der Waals surface area contributed by atoms with Crippen molar-refractivity contribution < 1.29 is 4.84 Å². The SMILES string of the molecule is Cc1ccccc1C1CC(N)=NO1. The summed E-state index contributed by atoms with van der Waals surface area (Å²) in [6, 6.07) is 8.12. The van der Waals surface area contributed by atoms with Crippen LogP contribution in [0.15, 0.2) is 29.4 Å². The summed E-state index contributed by atoms with van der Waals surface area (Å²) in [6.45, 7) is 2.06. The Morgan fingerprint density at radius 2 is 2.23 bits per heavy atom. The zero-order valence-corrected chi connectivity index (χ0v) is 7.53. The predicted octanol–water partition coefficient (Wildman–Crippen LogP) is 1.73. The van der Waals surface area contributed by atoms with Gasteiger partial charge in [-0.25, -0.2) is 0 Å². The molecule has 0 aliphatic carbocycles. The maximum Gasteiger partial charge on any atom is 0.160 e. The van der Waals surface area contributed by atoms with Crippen molar-refractivity contribution in [1.82, 2.24) is 0 Å². The summed E-state index contributed by atoms with van der Waals surface area (Å²) < 4.78 is 0. The fraction of sp³-hybridized carbons (Fsp3) is 0.300. The summed E-state index contributed by atoms with van der Waals surface area (Å²) in [4.78, 5) is 5.20. The molecule has 2 rings (SSSR count). The van der Waals surface area contributed by atoms with E-state index in [1.165, 1.54) is 11.1 Å². The molecular formula is C10H12N2O. The van der Waals surface area contributed by atoms with Gasteiger partial charge in [0.1, 0.15) is 5.84 Å². The zero-order chi connectivity index (χ0) is 9.26. The smallest absolute Gasteiger partial charge is 0.160 e. The van der Waals surface area contributed by atoms with Gasteiger partial charge in [-0.3, -0.25) is 0 Å². The van der Waals surface area contributed by atoms with E-state index in [0.29, 0.717) is 12.3 Å². The van der Waals surface area contributed by atoms with E-state index < -0.39 is 0 Å². The minimum Gasteiger partial charge on any atom is -0.386 e. The van der Waals surface area contributed by atoms with Crippen LogP contribution in [0.5, 0.6) is 0 Å². The Morgan fingerprint density at radius 1 is 1.46 bits per heavy atom. The van der Waals surface area contributed by atoms with Crippen LogP contribution in [0.1, 0.15) is 23.7 Å². The minimum atomic E-state index is 0.0150. The molecule has 1 aromatic rings. The predicted molar refractivity (Wildman–Crippen MR) is 51.2 cm³/mol. The summed E-state index contributed by atoms with van der Waals surface area (Å²) in [5.74, 6) is 0.577.